The van der Waals surface area contributed by atoms with Gasteiger partial charge in [0.25, 0.3) is 0 Å². The van der Waals surface area contributed by atoms with Gasteiger partial charge in [0.2, 0.25) is 7.38 Å². The first-order valence-corrected chi connectivity index (χ1v) is 26.1. The molecule has 0 heterocycles. The first-order valence-electron chi connectivity index (χ1n) is 23.1. The van der Waals surface area contributed by atoms with Gasteiger partial charge < -0.3 is 0 Å². The molecule has 0 aliphatic heterocycles. The molecule has 0 aliphatic carbocycles. The third kappa shape index (κ3) is 10.2. The van der Waals surface area contributed by atoms with Crippen LogP contribution < -0.4 is 15.6 Å². The standard InChI is InChI=1S/C63H57ClSi/c1-46-34-58(43-55(37-49-22-10-4-11-23-49)61(46)40-52-28-16-7-17-29-52)65(64,59-35-47(2)62(41-53-30-18-8-19-31-53)56(44-59)38-50-24-12-5-13-25-50)60-36-48(3)63(42-54-32-20-9-21-33-54)57(45-60)39-51-26-14-6-15-27-51/h4-36,43-45H,37-42H2,1-3H3. The van der Waals surface area contributed by atoms with Crippen molar-refractivity contribution in [2.45, 2.75) is 59.3 Å². The van der Waals surface area contributed by atoms with Crippen LogP contribution in [0.2, 0.25) is 0 Å². The highest BCUT2D eigenvalue weighted by Crippen LogP contribution is 2.29. The van der Waals surface area contributed by atoms with Crippen molar-refractivity contribution in [3.8, 4) is 0 Å². The maximum absolute atomic E-state index is 8.93. The largest absolute Gasteiger partial charge is 0.247 e. The van der Waals surface area contributed by atoms with Gasteiger partial charge in [0.1, 0.15) is 0 Å². The maximum atomic E-state index is 8.93. The molecular weight excluding hydrogens is 820 g/mol. The van der Waals surface area contributed by atoms with Gasteiger partial charge in [-0.05, 0) is 158 Å². The molecule has 0 spiro atoms. The summed E-state index contributed by atoms with van der Waals surface area (Å²) in [6.07, 6.45) is 5.12. The molecule has 9 aromatic carbocycles. The number of benzene rings is 9. The Morgan fingerprint density at radius 1 is 0.277 bits per heavy atom. The fourth-order valence-corrected chi connectivity index (χ4v) is 14.2. The number of rotatable bonds is 15. The van der Waals surface area contributed by atoms with Gasteiger partial charge in [-0.2, -0.15) is 0 Å². The lowest BCUT2D eigenvalue weighted by Crippen LogP contribution is -2.63. The maximum Gasteiger partial charge on any atom is 0.247 e. The molecule has 0 N–H and O–H groups in total. The Kier molecular flexibility index (Phi) is 13.5. The van der Waals surface area contributed by atoms with Crippen LogP contribution in [0.4, 0.5) is 0 Å². The summed E-state index contributed by atoms with van der Waals surface area (Å²) < 4.78 is 0. The number of hydrogen-bond donors (Lipinski definition) is 0. The van der Waals surface area contributed by atoms with Crippen LogP contribution in [-0.4, -0.2) is 7.38 Å². The lowest BCUT2D eigenvalue weighted by atomic mass is 9.91. The third-order valence-electron chi connectivity index (χ3n) is 13.3. The second-order valence-corrected chi connectivity index (χ2v) is 22.7. The van der Waals surface area contributed by atoms with E-state index >= 15 is 0 Å². The van der Waals surface area contributed by atoms with Crippen LogP contribution in [0.25, 0.3) is 0 Å². The Hall–Kier alpha value is -6.51. The predicted octanol–water partition coefficient (Wildman–Crippen LogP) is 13.4. The zero-order valence-corrected chi connectivity index (χ0v) is 39.7. The molecule has 0 aliphatic rings. The second kappa shape index (κ2) is 20.1. The van der Waals surface area contributed by atoms with E-state index in [0.717, 1.165) is 38.5 Å². The molecule has 9 rings (SSSR count). The van der Waals surface area contributed by atoms with Gasteiger partial charge in [-0.15, -0.1) is 11.1 Å². The van der Waals surface area contributed by atoms with Gasteiger partial charge in [-0.3, -0.25) is 0 Å². The number of halogens is 1. The molecule has 0 amide bonds. The minimum atomic E-state index is -3.29. The van der Waals surface area contributed by atoms with Gasteiger partial charge in [-0.25, -0.2) is 0 Å². The predicted molar refractivity (Wildman–Crippen MR) is 280 cm³/mol. The summed E-state index contributed by atoms with van der Waals surface area (Å²) in [5, 5.41) is 3.71. The topological polar surface area (TPSA) is 0 Å². The fraction of sp³-hybridized carbons (Fsp3) is 0.143. The molecule has 0 fully saturated rings. The SMILES string of the molecule is Cc1cc([Si](Cl)(c2cc(C)c(Cc3ccccc3)c(Cc3ccccc3)c2)c2cc(C)c(Cc3ccccc3)c(Cc3ccccc3)c2)cc(Cc2ccccc2)c1Cc1ccccc1. The summed E-state index contributed by atoms with van der Waals surface area (Å²) in [6.45, 7) is 6.93. The quantitative estimate of drug-likeness (QED) is 0.0547. The molecule has 0 unspecified atom stereocenters. The van der Waals surface area contributed by atoms with E-state index in [9.17, 15) is 0 Å². The van der Waals surface area contributed by atoms with E-state index in [0.29, 0.717) is 0 Å². The van der Waals surface area contributed by atoms with Crippen LogP contribution in [0, 0.1) is 20.8 Å². The van der Waals surface area contributed by atoms with Crippen LogP contribution in [0.5, 0.6) is 0 Å². The van der Waals surface area contributed by atoms with Crippen LogP contribution >= 0.6 is 11.1 Å². The second-order valence-electron chi connectivity index (χ2n) is 17.9. The molecule has 0 nitrogen and oxygen atoms in total. The third-order valence-corrected chi connectivity index (χ3v) is 18.5. The monoisotopic (exact) mass is 876 g/mol. The van der Waals surface area contributed by atoms with Gasteiger partial charge in [0.05, 0.1) is 0 Å². The van der Waals surface area contributed by atoms with Crippen molar-refractivity contribution in [3.05, 3.63) is 302 Å². The minimum Gasteiger partial charge on any atom is -0.149 e. The van der Waals surface area contributed by atoms with E-state index in [1.54, 1.807) is 0 Å². The highest BCUT2D eigenvalue weighted by Gasteiger charge is 2.40. The first kappa shape index (κ1) is 43.7. The van der Waals surface area contributed by atoms with Crippen molar-refractivity contribution >= 4 is 34.0 Å². The minimum absolute atomic E-state index is 0.835. The summed E-state index contributed by atoms with van der Waals surface area (Å²) in [4.78, 5) is 0. The normalized spacial score (nSPS) is 11.4. The number of hydrogen-bond acceptors (Lipinski definition) is 0. The highest BCUT2D eigenvalue weighted by atomic mass is 35.6. The average molecular weight is 878 g/mol. The molecule has 320 valence electrons. The Morgan fingerprint density at radius 2 is 0.477 bits per heavy atom. The molecule has 9 aromatic rings. The van der Waals surface area contributed by atoms with Crippen molar-refractivity contribution in [2.24, 2.45) is 0 Å². The molecule has 0 saturated heterocycles. The molecule has 0 radical (unpaired) electrons. The Balaban J connectivity index is 1.29. The van der Waals surface area contributed by atoms with E-state index in [2.05, 4.69) is 239 Å². The van der Waals surface area contributed by atoms with E-state index in [4.69, 9.17) is 11.1 Å². The zero-order valence-electron chi connectivity index (χ0n) is 37.9. The van der Waals surface area contributed by atoms with Crippen LogP contribution in [0.3, 0.4) is 0 Å². The molecule has 2 heteroatoms. The van der Waals surface area contributed by atoms with Gasteiger partial charge >= 0.3 is 0 Å². The fourth-order valence-electron chi connectivity index (χ4n) is 9.85. The molecular formula is C63H57ClSi. The van der Waals surface area contributed by atoms with Gasteiger partial charge in [0.15, 0.2) is 0 Å². The van der Waals surface area contributed by atoms with Crippen molar-refractivity contribution in [1.82, 2.24) is 0 Å². The van der Waals surface area contributed by atoms with E-state index in [1.165, 1.54) is 99.0 Å². The van der Waals surface area contributed by atoms with Crippen molar-refractivity contribution in [2.75, 3.05) is 0 Å². The Bertz CT molecular complexity index is 2650. The zero-order chi connectivity index (χ0) is 44.6. The number of aryl methyl sites for hydroxylation is 3. The summed E-state index contributed by atoms with van der Waals surface area (Å²) in [6, 6.07) is 80.5. The van der Waals surface area contributed by atoms with Crippen molar-refractivity contribution in [1.29, 1.82) is 0 Å². The van der Waals surface area contributed by atoms with Gasteiger partial charge in [0, 0.05) is 0 Å². The summed E-state index contributed by atoms with van der Waals surface area (Å²) >= 11 is 8.93. The van der Waals surface area contributed by atoms with E-state index in [-0.39, 0.29) is 0 Å². The van der Waals surface area contributed by atoms with Crippen LogP contribution in [0.1, 0.15) is 83.5 Å². The molecule has 65 heavy (non-hydrogen) atoms. The Morgan fingerprint density at radius 3 is 0.692 bits per heavy atom. The molecule has 0 atom stereocenters. The Labute approximate surface area is 393 Å². The summed E-state index contributed by atoms with van der Waals surface area (Å²) in [5.74, 6) is 0. The smallest absolute Gasteiger partial charge is 0.149 e. The molecule has 0 aromatic heterocycles. The van der Waals surface area contributed by atoms with Crippen LogP contribution in [-0.2, 0) is 38.5 Å². The molecule has 0 saturated carbocycles. The lowest BCUT2D eigenvalue weighted by Gasteiger charge is -2.31. The highest BCUT2D eigenvalue weighted by molar-refractivity contribution is 7.40. The van der Waals surface area contributed by atoms with Crippen molar-refractivity contribution in [3.63, 3.8) is 0 Å². The lowest BCUT2D eigenvalue weighted by molar-refractivity contribution is 1.07. The summed E-state index contributed by atoms with van der Waals surface area (Å²) in [7, 11) is -3.29. The average Bonchev–Trinajstić information content (AvgIpc) is 3.33. The first-order chi connectivity index (χ1) is 31.8. The van der Waals surface area contributed by atoms with Gasteiger partial charge in [-0.1, -0.05) is 218 Å². The summed E-state index contributed by atoms with van der Waals surface area (Å²) in [5.41, 5.74) is 19.9. The van der Waals surface area contributed by atoms with Crippen LogP contribution in [0.15, 0.2) is 218 Å². The van der Waals surface area contributed by atoms with E-state index < -0.39 is 7.38 Å². The van der Waals surface area contributed by atoms with Crippen molar-refractivity contribution < 1.29 is 0 Å². The van der Waals surface area contributed by atoms with E-state index in [1.807, 2.05) is 0 Å². The molecule has 0 bridgehead atoms.